The van der Waals surface area contributed by atoms with Crippen LogP contribution in [0, 0.1) is 6.92 Å². The number of anilines is 2. The third-order valence-corrected chi connectivity index (χ3v) is 4.48. The molecule has 2 heterocycles. The van der Waals surface area contributed by atoms with Gasteiger partial charge in [0, 0.05) is 30.1 Å². The molecule has 0 bridgehead atoms. The van der Waals surface area contributed by atoms with Crippen LogP contribution in [0.25, 0.3) is 0 Å². The Hall–Kier alpha value is -1.69. The minimum absolute atomic E-state index is 0.153. The van der Waals surface area contributed by atoms with Crippen molar-refractivity contribution in [3.05, 3.63) is 28.0 Å². The minimum Gasteiger partial charge on any atom is -0.373 e. The van der Waals surface area contributed by atoms with Crippen molar-refractivity contribution in [3.8, 4) is 0 Å². The standard InChI is InChI=1S/C14H19N5S/c1-8-11(15-3)18-13(10-4-5-10)19-12(8)17-9(2)14-16-6-7-20-14/h6-7,9-10H,4-5H2,1-3H3,(H2,15,17,18,19). The molecule has 1 saturated carbocycles. The van der Waals surface area contributed by atoms with Gasteiger partial charge in [-0.2, -0.15) is 0 Å². The highest BCUT2D eigenvalue weighted by Crippen LogP contribution is 2.39. The molecule has 2 N–H and O–H groups in total. The highest BCUT2D eigenvalue weighted by molar-refractivity contribution is 7.09. The Morgan fingerprint density at radius 2 is 2.05 bits per heavy atom. The van der Waals surface area contributed by atoms with Crippen molar-refractivity contribution in [1.29, 1.82) is 0 Å². The first-order valence-corrected chi connectivity index (χ1v) is 7.79. The lowest BCUT2D eigenvalue weighted by molar-refractivity contribution is 0.840. The van der Waals surface area contributed by atoms with Gasteiger partial charge in [-0.15, -0.1) is 11.3 Å². The molecule has 1 fully saturated rings. The lowest BCUT2D eigenvalue weighted by Crippen LogP contribution is -2.12. The molecular weight excluding hydrogens is 270 g/mol. The number of hydrogen-bond donors (Lipinski definition) is 2. The van der Waals surface area contributed by atoms with E-state index in [1.807, 2.05) is 25.5 Å². The minimum atomic E-state index is 0.153. The van der Waals surface area contributed by atoms with E-state index in [2.05, 4.69) is 27.5 Å². The molecule has 0 saturated heterocycles. The Morgan fingerprint density at radius 1 is 1.30 bits per heavy atom. The first-order chi connectivity index (χ1) is 9.69. The number of hydrogen-bond acceptors (Lipinski definition) is 6. The summed E-state index contributed by atoms with van der Waals surface area (Å²) >= 11 is 1.66. The maximum atomic E-state index is 4.71. The predicted octanol–water partition coefficient (Wildman–Crippen LogP) is 3.33. The summed E-state index contributed by atoms with van der Waals surface area (Å²) in [5.41, 5.74) is 1.06. The van der Waals surface area contributed by atoms with Crippen molar-refractivity contribution in [3.63, 3.8) is 0 Å². The Kier molecular flexibility index (Phi) is 3.56. The summed E-state index contributed by atoms with van der Waals surface area (Å²) in [5, 5.41) is 9.70. The highest BCUT2D eigenvalue weighted by Gasteiger charge is 2.28. The van der Waals surface area contributed by atoms with E-state index in [-0.39, 0.29) is 6.04 Å². The summed E-state index contributed by atoms with van der Waals surface area (Å²) < 4.78 is 0. The lowest BCUT2D eigenvalue weighted by atomic mass is 10.2. The molecule has 0 spiro atoms. The fourth-order valence-corrected chi connectivity index (χ4v) is 2.80. The third-order valence-electron chi connectivity index (χ3n) is 3.52. The van der Waals surface area contributed by atoms with E-state index < -0.39 is 0 Å². The number of nitrogens with zero attached hydrogens (tertiary/aromatic N) is 3. The van der Waals surface area contributed by atoms with Crippen molar-refractivity contribution in [2.24, 2.45) is 0 Å². The Balaban J connectivity index is 1.89. The van der Waals surface area contributed by atoms with Gasteiger partial charge in [0.2, 0.25) is 0 Å². The largest absolute Gasteiger partial charge is 0.373 e. The third kappa shape index (κ3) is 2.60. The van der Waals surface area contributed by atoms with E-state index in [0.717, 1.165) is 28.0 Å². The van der Waals surface area contributed by atoms with E-state index in [9.17, 15) is 0 Å². The molecule has 106 valence electrons. The molecular formula is C14H19N5S. The first-order valence-electron chi connectivity index (χ1n) is 6.91. The zero-order valence-electron chi connectivity index (χ0n) is 12.0. The Morgan fingerprint density at radius 3 is 2.65 bits per heavy atom. The van der Waals surface area contributed by atoms with Crippen molar-refractivity contribution in [2.45, 2.75) is 38.6 Å². The summed E-state index contributed by atoms with van der Waals surface area (Å²) in [5.74, 6) is 3.32. The van der Waals surface area contributed by atoms with Crippen LogP contribution in [0.15, 0.2) is 11.6 Å². The summed E-state index contributed by atoms with van der Waals surface area (Å²) in [6, 6.07) is 0.153. The average molecular weight is 289 g/mol. The van der Waals surface area contributed by atoms with Gasteiger partial charge < -0.3 is 10.6 Å². The van der Waals surface area contributed by atoms with Crippen LogP contribution in [0.1, 0.15) is 48.1 Å². The molecule has 1 atom stereocenters. The molecule has 0 radical (unpaired) electrons. The highest BCUT2D eigenvalue weighted by atomic mass is 32.1. The summed E-state index contributed by atoms with van der Waals surface area (Å²) in [4.78, 5) is 13.7. The van der Waals surface area contributed by atoms with Crippen molar-refractivity contribution in [2.75, 3.05) is 17.7 Å². The second kappa shape index (κ2) is 5.36. The van der Waals surface area contributed by atoms with Crippen LogP contribution in [-0.4, -0.2) is 22.0 Å². The van der Waals surface area contributed by atoms with E-state index in [1.54, 1.807) is 11.3 Å². The van der Waals surface area contributed by atoms with Gasteiger partial charge in [0.15, 0.2) is 0 Å². The van der Waals surface area contributed by atoms with E-state index >= 15 is 0 Å². The zero-order valence-corrected chi connectivity index (χ0v) is 12.8. The van der Waals surface area contributed by atoms with Gasteiger partial charge in [0.05, 0.1) is 6.04 Å². The average Bonchev–Trinajstić information content (AvgIpc) is 3.15. The quantitative estimate of drug-likeness (QED) is 0.884. The fraction of sp³-hybridized carbons (Fsp3) is 0.500. The van der Waals surface area contributed by atoms with Crippen LogP contribution >= 0.6 is 11.3 Å². The SMILES string of the molecule is CNc1nc(C2CC2)nc(NC(C)c2nccs2)c1C. The first kappa shape index (κ1) is 13.3. The van der Waals surface area contributed by atoms with Gasteiger partial charge in [-0.05, 0) is 26.7 Å². The van der Waals surface area contributed by atoms with Gasteiger partial charge in [0.25, 0.3) is 0 Å². The van der Waals surface area contributed by atoms with Crippen molar-refractivity contribution in [1.82, 2.24) is 15.0 Å². The van der Waals surface area contributed by atoms with E-state index in [0.29, 0.717) is 5.92 Å². The number of nitrogens with one attached hydrogen (secondary N) is 2. The van der Waals surface area contributed by atoms with E-state index in [4.69, 9.17) is 4.98 Å². The molecule has 1 aliphatic rings. The van der Waals surface area contributed by atoms with Gasteiger partial charge in [-0.1, -0.05) is 0 Å². The van der Waals surface area contributed by atoms with Gasteiger partial charge >= 0.3 is 0 Å². The number of aromatic nitrogens is 3. The summed E-state index contributed by atoms with van der Waals surface area (Å²) in [6.07, 6.45) is 4.24. The second-order valence-electron chi connectivity index (χ2n) is 5.16. The molecule has 1 aliphatic carbocycles. The predicted molar refractivity (Wildman–Crippen MR) is 82.4 cm³/mol. The summed E-state index contributed by atoms with van der Waals surface area (Å²) in [7, 11) is 1.90. The van der Waals surface area contributed by atoms with Gasteiger partial charge in [0.1, 0.15) is 22.5 Å². The lowest BCUT2D eigenvalue weighted by Gasteiger charge is -2.17. The maximum Gasteiger partial charge on any atom is 0.136 e. The molecule has 0 aliphatic heterocycles. The number of thiazole rings is 1. The normalized spacial score (nSPS) is 15.9. The van der Waals surface area contributed by atoms with Crippen LogP contribution in [0.4, 0.5) is 11.6 Å². The Labute approximate surface area is 122 Å². The molecule has 1 unspecified atom stereocenters. The maximum absolute atomic E-state index is 4.71. The van der Waals surface area contributed by atoms with Crippen LogP contribution in [-0.2, 0) is 0 Å². The van der Waals surface area contributed by atoms with Gasteiger partial charge in [-0.3, -0.25) is 0 Å². The molecule has 2 aromatic rings. The molecule has 3 rings (SSSR count). The fourth-order valence-electron chi connectivity index (χ4n) is 2.16. The van der Waals surface area contributed by atoms with Crippen molar-refractivity contribution >= 4 is 23.0 Å². The second-order valence-corrected chi connectivity index (χ2v) is 6.09. The zero-order chi connectivity index (χ0) is 14.1. The monoisotopic (exact) mass is 289 g/mol. The molecule has 6 heteroatoms. The Bertz CT molecular complexity index is 592. The molecule has 20 heavy (non-hydrogen) atoms. The molecule has 2 aromatic heterocycles. The molecule has 5 nitrogen and oxygen atoms in total. The smallest absolute Gasteiger partial charge is 0.136 e. The van der Waals surface area contributed by atoms with Crippen LogP contribution in [0.2, 0.25) is 0 Å². The van der Waals surface area contributed by atoms with Crippen LogP contribution in [0.3, 0.4) is 0 Å². The number of rotatable bonds is 5. The van der Waals surface area contributed by atoms with Crippen molar-refractivity contribution < 1.29 is 0 Å². The van der Waals surface area contributed by atoms with Gasteiger partial charge in [-0.25, -0.2) is 15.0 Å². The molecule has 0 amide bonds. The molecule has 0 aromatic carbocycles. The topological polar surface area (TPSA) is 62.7 Å². The summed E-state index contributed by atoms with van der Waals surface area (Å²) in [6.45, 7) is 4.15. The van der Waals surface area contributed by atoms with Crippen LogP contribution in [0.5, 0.6) is 0 Å². The van der Waals surface area contributed by atoms with E-state index in [1.165, 1.54) is 12.8 Å². The van der Waals surface area contributed by atoms with Crippen LogP contribution < -0.4 is 10.6 Å².